The van der Waals surface area contributed by atoms with Crippen molar-refractivity contribution in [1.29, 1.82) is 0 Å². The van der Waals surface area contributed by atoms with E-state index in [1.807, 2.05) is 0 Å². The van der Waals surface area contributed by atoms with E-state index >= 15 is 0 Å². The van der Waals surface area contributed by atoms with Gasteiger partial charge in [-0.3, -0.25) is 10.1 Å². The number of rotatable bonds is 1. The third-order valence-electron chi connectivity index (χ3n) is 2.99. The minimum atomic E-state index is -0.618. The summed E-state index contributed by atoms with van der Waals surface area (Å²) in [5, 5.41) is 20.6. The maximum Gasteiger partial charge on any atom is 0.410 e. The van der Waals surface area contributed by atoms with Crippen molar-refractivity contribution in [2.24, 2.45) is 0 Å². The number of nitro benzene ring substituents is 1. The number of hydrogen-bond acceptors (Lipinski definition) is 6. The zero-order chi connectivity index (χ0) is 16.5. The topological polar surface area (TPSA) is 92.9 Å². The first-order chi connectivity index (χ1) is 10.2. The van der Waals surface area contributed by atoms with Gasteiger partial charge in [-0.2, -0.15) is 0 Å². The molecule has 1 aliphatic rings. The summed E-state index contributed by atoms with van der Waals surface area (Å²) in [4.78, 5) is 24.7. The Bertz CT molecular complexity index is 613. The minimum absolute atomic E-state index is 0. The molecule has 0 radical (unpaired) electrons. The van der Waals surface area contributed by atoms with Crippen LogP contribution in [0.3, 0.4) is 0 Å². The fourth-order valence-electron chi connectivity index (χ4n) is 2.04. The second-order valence-electron chi connectivity index (χ2n) is 5.96. The van der Waals surface area contributed by atoms with E-state index in [9.17, 15) is 20.0 Å². The Kier molecular flexibility index (Phi) is 7.56. The van der Waals surface area contributed by atoms with Crippen LogP contribution in [-0.2, 0) is 11.3 Å². The molecule has 1 aromatic rings. The van der Waals surface area contributed by atoms with Gasteiger partial charge >= 0.3 is 11.8 Å². The number of thioether (sulfide) groups is 1. The Balaban J connectivity index is 0.00000264. The number of nitro groups is 1. The first kappa shape index (κ1) is 22.0. The van der Waals surface area contributed by atoms with Crippen molar-refractivity contribution in [3.8, 4) is 5.75 Å². The van der Waals surface area contributed by atoms with E-state index < -0.39 is 22.4 Å². The second kappa shape index (κ2) is 8.23. The van der Waals surface area contributed by atoms with Crippen molar-refractivity contribution in [1.82, 2.24) is 4.90 Å². The summed E-state index contributed by atoms with van der Waals surface area (Å²) in [6, 6.07) is 2.71. The van der Waals surface area contributed by atoms with Gasteiger partial charge in [-0.1, -0.05) is 14.9 Å². The lowest BCUT2D eigenvalue weighted by atomic mass is 10.1. The summed E-state index contributed by atoms with van der Waals surface area (Å²) >= 11 is 1.42. The van der Waals surface area contributed by atoms with Gasteiger partial charge in [0.2, 0.25) is 0 Å². The number of hydrogen-bond donors (Lipinski definition) is 1. The van der Waals surface area contributed by atoms with Crippen LogP contribution < -0.4 is 0 Å². The maximum absolute atomic E-state index is 12.2. The fraction of sp³-hybridized carbons (Fsp3) is 0.562. The van der Waals surface area contributed by atoms with E-state index in [0.29, 0.717) is 22.8 Å². The molecule has 0 unspecified atom stereocenters. The molecule has 1 N–H and O–H groups in total. The summed E-state index contributed by atoms with van der Waals surface area (Å²) in [6.07, 6.45) is -0.432. The summed E-state index contributed by atoms with van der Waals surface area (Å²) in [5.41, 5.74) is -0.231. The number of carbonyl (C=O) groups excluding carboxylic acids is 1. The molecular formula is C16H26N2O5S. The molecule has 0 bridgehead atoms. The van der Waals surface area contributed by atoms with Crippen LogP contribution in [0.4, 0.5) is 10.5 Å². The molecule has 2 rings (SSSR count). The molecule has 0 saturated carbocycles. The SMILES string of the molecule is C.C.CC(C)(C)OC(=O)N1CCSc2cc([N+](=O)[O-])c(O)cc2C1. The highest BCUT2D eigenvalue weighted by Gasteiger charge is 2.27. The third kappa shape index (κ3) is 5.30. The van der Waals surface area contributed by atoms with E-state index in [-0.39, 0.29) is 27.1 Å². The third-order valence-corrected chi connectivity index (χ3v) is 4.06. The first-order valence-electron chi connectivity index (χ1n) is 6.78. The van der Waals surface area contributed by atoms with Gasteiger partial charge in [0.1, 0.15) is 5.60 Å². The predicted molar refractivity (Wildman–Crippen MR) is 95.6 cm³/mol. The molecule has 1 aromatic carbocycles. The highest BCUT2D eigenvalue weighted by Crippen LogP contribution is 2.36. The van der Waals surface area contributed by atoms with Crippen molar-refractivity contribution in [3.63, 3.8) is 0 Å². The van der Waals surface area contributed by atoms with Crippen LogP contribution in [-0.4, -0.2) is 38.9 Å². The van der Waals surface area contributed by atoms with Crippen molar-refractivity contribution in [2.45, 2.75) is 52.7 Å². The van der Waals surface area contributed by atoms with Crippen molar-refractivity contribution in [3.05, 3.63) is 27.8 Å². The van der Waals surface area contributed by atoms with Crippen molar-refractivity contribution < 1.29 is 19.6 Å². The van der Waals surface area contributed by atoms with Crippen LogP contribution in [0.2, 0.25) is 0 Å². The highest BCUT2D eigenvalue weighted by molar-refractivity contribution is 7.99. The predicted octanol–water partition coefficient (Wildman–Crippen LogP) is 4.42. The largest absolute Gasteiger partial charge is 0.502 e. The van der Waals surface area contributed by atoms with Gasteiger partial charge in [-0.25, -0.2) is 4.79 Å². The number of fused-ring (bicyclic) bond motifs is 1. The van der Waals surface area contributed by atoms with Gasteiger partial charge in [0, 0.05) is 23.3 Å². The summed E-state index contributed by atoms with van der Waals surface area (Å²) in [6.45, 7) is 6.10. The van der Waals surface area contributed by atoms with Crippen LogP contribution in [0.5, 0.6) is 5.75 Å². The normalized spacial score (nSPS) is 13.7. The summed E-state index contributed by atoms with van der Waals surface area (Å²) < 4.78 is 5.35. The number of nitrogens with zero attached hydrogens (tertiary/aromatic N) is 2. The molecule has 1 heterocycles. The number of ether oxygens (including phenoxy) is 1. The molecule has 7 nitrogen and oxygen atoms in total. The molecular weight excluding hydrogens is 332 g/mol. The van der Waals surface area contributed by atoms with E-state index in [1.165, 1.54) is 28.8 Å². The van der Waals surface area contributed by atoms with Crippen LogP contribution >= 0.6 is 11.8 Å². The summed E-state index contributed by atoms with van der Waals surface area (Å²) in [7, 11) is 0. The van der Waals surface area contributed by atoms with E-state index in [1.54, 1.807) is 20.8 Å². The monoisotopic (exact) mass is 358 g/mol. The lowest BCUT2D eigenvalue weighted by molar-refractivity contribution is -0.386. The number of phenols is 1. The Morgan fingerprint density at radius 3 is 2.54 bits per heavy atom. The average Bonchev–Trinajstić information content (AvgIpc) is 2.57. The number of benzene rings is 1. The smallest absolute Gasteiger partial charge is 0.410 e. The number of aromatic hydroxyl groups is 1. The fourth-order valence-corrected chi connectivity index (χ4v) is 3.07. The Morgan fingerprint density at radius 1 is 1.38 bits per heavy atom. The molecule has 0 fully saturated rings. The number of phenolic OH excluding ortho intramolecular Hbond substituents is 1. The van der Waals surface area contributed by atoms with Crippen LogP contribution in [0.15, 0.2) is 17.0 Å². The van der Waals surface area contributed by atoms with Crippen LogP contribution in [0.1, 0.15) is 41.2 Å². The van der Waals surface area contributed by atoms with E-state index in [2.05, 4.69) is 0 Å². The van der Waals surface area contributed by atoms with Gasteiger partial charge < -0.3 is 14.7 Å². The molecule has 136 valence electrons. The Labute approximate surface area is 147 Å². The van der Waals surface area contributed by atoms with Crippen molar-refractivity contribution >= 4 is 23.5 Å². The molecule has 1 amide bonds. The van der Waals surface area contributed by atoms with Crippen LogP contribution in [0.25, 0.3) is 0 Å². The quantitative estimate of drug-likeness (QED) is 0.590. The molecule has 0 aliphatic carbocycles. The van der Waals surface area contributed by atoms with E-state index in [0.717, 1.165) is 0 Å². The van der Waals surface area contributed by atoms with Gasteiger partial charge in [0.25, 0.3) is 0 Å². The lowest BCUT2D eigenvalue weighted by Gasteiger charge is -2.26. The van der Waals surface area contributed by atoms with Gasteiger partial charge in [-0.15, -0.1) is 11.8 Å². The van der Waals surface area contributed by atoms with Gasteiger partial charge in [0.15, 0.2) is 5.75 Å². The lowest BCUT2D eigenvalue weighted by Crippen LogP contribution is -2.37. The highest BCUT2D eigenvalue weighted by atomic mass is 32.2. The number of carbonyl (C=O) groups is 1. The van der Waals surface area contributed by atoms with Crippen LogP contribution in [0, 0.1) is 10.1 Å². The molecule has 0 spiro atoms. The first-order valence-corrected chi connectivity index (χ1v) is 7.77. The maximum atomic E-state index is 12.2. The Morgan fingerprint density at radius 2 is 2.00 bits per heavy atom. The number of amides is 1. The van der Waals surface area contributed by atoms with Gasteiger partial charge in [-0.05, 0) is 32.4 Å². The van der Waals surface area contributed by atoms with Gasteiger partial charge in [0.05, 0.1) is 11.5 Å². The zero-order valence-electron chi connectivity index (χ0n) is 12.7. The molecule has 0 atom stereocenters. The summed E-state index contributed by atoms with van der Waals surface area (Å²) in [5.74, 6) is 0.212. The van der Waals surface area contributed by atoms with Crippen molar-refractivity contribution in [2.75, 3.05) is 12.3 Å². The standard InChI is InChI=1S/C14H18N2O5S.2CH4/c1-14(2,3)21-13(18)15-4-5-22-12-7-10(16(19)20)11(17)6-9(12)8-15;;/h6-7,17H,4-5,8H2,1-3H3;2*1H4. The molecule has 0 saturated heterocycles. The molecule has 0 aromatic heterocycles. The average molecular weight is 358 g/mol. The van der Waals surface area contributed by atoms with E-state index in [4.69, 9.17) is 4.74 Å². The molecule has 1 aliphatic heterocycles. The second-order valence-corrected chi connectivity index (χ2v) is 7.09. The Hall–Kier alpha value is -1.96. The molecule has 8 heteroatoms. The molecule has 24 heavy (non-hydrogen) atoms. The zero-order valence-corrected chi connectivity index (χ0v) is 13.5. The minimum Gasteiger partial charge on any atom is -0.502 e.